The number of ether oxygens (including phenoxy) is 2. The average Bonchev–Trinajstić information content (AvgIpc) is 2.65. The van der Waals surface area contributed by atoms with Gasteiger partial charge in [-0.15, -0.1) is 13.2 Å². The second-order valence-electron chi connectivity index (χ2n) is 6.76. The van der Waals surface area contributed by atoms with Crippen molar-refractivity contribution in [3.63, 3.8) is 0 Å². The number of hydrogen-bond donors (Lipinski definition) is 0. The van der Waals surface area contributed by atoms with Gasteiger partial charge in [0, 0.05) is 5.46 Å². The van der Waals surface area contributed by atoms with Crippen LogP contribution in [-0.2, 0) is 25.3 Å². The molecule has 9 heteroatoms. The molecule has 1 fully saturated rings. The third kappa shape index (κ3) is 4.46. The van der Waals surface area contributed by atoms with E-state index in [0.29, 0.717) is 5.56 Å². The fraction of sp³-hybridized carbons (Fsp3) is 0.562. The molecule has 0 atom stereocenters. The highest BCUT2D eigenvalue weighted by Crippen LogP contribution is 2.37. The number of halogens is 3. The van der Waals surface area contributed by atoms with Crippen LogP contribution in [0.5, 0.6) is 5.75 Å². The van der Waals surface area contributed by atoms with E-state index in [4.69, 9.17) is 9.31 Å². The molecule has 138 valence electrons. The van der Waals surface area contributed by atoms with Gasteiger partial charge in [-0.05, 0) is 39.3 Å². The smallest absolute Gasteiger partial charge is 0.469 e. The lowest BCUT2D eigenvalue weighted by Gasteiger charge is -2.32. The normalized spacial score (nSPS) is 19.0. The van der Waals surface area contributed by atoms with E-state index in [1.807, 2.05) is 0 Å². The second kappa shape index (κ2) is 6.53. The van der Waals surface area contributed by atoms with Crippen molar-refractivity contribution in [2.24, 2.45) is 0 Å². The first-order chi connectivity index (χ1) is 11.3. The first-order valence-corrected chi connectivity index (χ1v) is 7.66. The summed E-state index contributed by atoms with van der Waals surface area (Å²) in [4.78, 5) is 11.4. The van der Waals surface area contributed by atoms with Crippen molar-refractivity contribution in [1.29, 1.82) is 0 Å². The van der Waals surface area contributed by atoms with Crippen LogP contribution in [0.2, 0.25) is 0 Å². The summed E-state index contributed by atoms with van der Waals surface area (Å²) in [6, 6.07) is 4.06. The Morgan fingerprint density at radius 2 is 1.72 bits per heavy atom. The van der Waals surface area contributed by atoms with Gasteiger partial charge in [0.15, 0.2) is 0 Å². The van der Waals surface area contributed by atoms with Crippen molar-refractivity contribution in [2.75, 3.05) is 7.11 Å². The van der Waals surface area contributed by atoms with E-state index >= 15 is 0 Å². The largest absolute Gasteiger partial charge is 0.573 e. The van der Waals surface area contributed by atoms with Crippen molar-refractivity contribution >= 4 is 18.6 Å². The summed E-state index contributed by atoms with van der Waals surface area (Å²) in [5.74, 6) is -1.03. The van der Waals surface area contributed by atoms with Crippen molar-refractivity contribution in [1.82, 2.24) is 0 Å². The van der Waals surface area contributed by atoms with Crippen LogP contribution in [0.25, 0.3) is 0 Å². The fourth-order valence-corrected chi connectivity index (χ4v) is 2.31. The molecule has 0 aliphatic carbocycles. The molecule has 0 radical (unpaired) electrons. The Bertz CT molecular complexity index is 642. The fourth-order valence-electron chi connectivity index (χ4n) is 2.31. The van der Waals surface area contributed by atoms with Crippen LogP contribution < -0.4 is 10.2 Å². The van der Waals surface area contributed by atoms with E-state index in [0.717, 1.165) is 6.07 Å². The summed E-state index contributed by atoms with van der Waals surface area (Å²) in [7, 11) is 0.184. The standard InChI is InChI=1S/C16H20BF3O5/c1-14(2)15(3,4)25-17(24-14)11-7-6-10(9-13(21)22-5)8-12(11)23-16(18,19)20/h6-8H,9H2,1-5H3. The maximum Gasteiger partial charge on any atom is 0.573 e. The number of methoxy groups -OCH3 is 1. The first-order valence-electron chi connectivity index (χ1n) is 7.66. The van der Waals surface area contributed by atoms with Gasteiger partial charge in [0.05, 0.1) is 24.7 Å². The lowest BCUT2D eigenvalue weighted by atomic mass is 9.78. The molecule has 0 N–H and O–H groups in total. The van der Waals surface area contributed by atoms with Gasteiger partial charge >= 0.3 is 19.5 Å². The highest BCUT2D eigenvalue weighted by molar-refractivity contribution is 6.63. The Morgan fingerprint density at radius 3 is 2.20 bits per heavy atom. The highest BCUT2D eigenvalue weighted by atomic mass is 19.4. The number of hydrogen-bond acceptors (Lipinski definition) is 5. The predicted molar refractivity (Wildman–Crippen MR) is 84.6 cm³/mol. The molecule has 0 amide bonds. The minimum atomic E-state index is -4.89. The Labute approximate surface area is 144 Å². The average molecular weight is 360 g/mol. The summed E-state index contributed by atoms with van der Waals surface area (Å²) < 4.78 is 58.6. The lowest BCUT2D eigenvalue weighted by molar-refractivity contribution is -0.274. The summed E-state index contributed by atoms with van der Waals surface area (Å²) in [5, 5.41) is 0. The minimum Gasteiger partial charge on any atom is -0.469 e. The van der Waals surface area contributed by atoms with E-state index in [2.05, 4.69) is 9.47 Å². The van der Waals surface area contributed by atoms with Crippen molar-refractivity contribution in [3.8, 4) is 5.75 Å². The van der Waals surface area contributed by atoms with Crippen LogP contribution in [0.4, 0.5) is 13.2 Å². The Morgan fingerprint density at radius 1 is 1.16 bits per heavy atom. The molecule has 1 aliphatic heterocycles. The molecule has 2 rings (SSSR count). The topological polar surface area (TPSA) is 54.0 Å². The molecule has 1 heterocycles. The molecular weight excluding hydrogens is 340 g/mol. The number of benzene rings is 1. The van der Waals surface area contributed by atoms with E-state index in [1.165, 1.54) is 19.2 Å². The zero-order chi connectivity index (χ0) is 19.0. The maximum absolute atomic E-state index is 12.8. The van der Waals surface area contributed by atoms with Crippen LogP contribution >= 0.6 is 0 Å². The molecule has 0 unspecified atom stereocenters. The predicted octanol–water partition coefficient (Wildman–Crippen LogP) is 2.60. The quantitative estimate of drug-likeness (QED) is 0.610. The molecule has 25 heavy (non-hydrogen) atoms. The Hall–Kier alpha value is -1.74. The van der Waals surface area contributed by atoms with Gasteiger partial charge in [0.2, 0.25) is 0 Å². The van der Waals surface area contributed by atoms with Gasteiger partial charge in [-0.2, -0.15) is 0 Å². The second-order valence-corrected chi connectivity index (χ2v) is 6.76. The monoisotopic (exact) mass is 360 g/mol. The molecule has 0 saturated carbocycles. The van der Waals surface area contributed by atoms with Crippen LogP contribution in [0.1, 0.15) is 33.3 Å². The van der Waals surface area contributed by atoms with Crippen LogP contribution in [0.15, 0.2) is 18.2 Å². The minimum absolute atomic E-state index is 0.101. The molecule has 1 aromatic rings. The Kier molecular flexibility index (Phi) is 5.12. The van der Waals surface area contributed by atoms with Gasteiger partial charge < -0.3 is 18.8 Å². The van der Waals surface area contributed by atoms with Gasteiger partial charge in [0.1, 0.15) is 5.75 Å². The highest BCUT2D eigenvalue weighted by Gasteiger charge is 2.53. The van der Waals surface area contributed by atoms with Gasteiger partial charge in [-0.1, -0.05) is 12.1 Å². The number of alkyl halides is 3. The molecule has 1 aromatic carbocycles. The number of carbonyl (C=O) groups excluding carboxylic acids is 1. The molecule has 5 nitrogen and oxygen atoms in total. The molecule has 1 saturated heterocycles. The van der Waals surface area contributed by atoms with Gasteiger partial charge in [-0.25, -0.2) is 0 Å². The van der Waals surface area contributed by atoms with E-state index in [1.54, 1.807) is 27.7 Å². The zero-order valence-corrected chi connectivity index (χ0v) is 14.7. The molecule has 0 spiro atoms. The van der Waals surface area contributed by atoms with Gasteiger partial charge in [0.25, 0.3) is 0 Å². The summed E-state index contributed by atoms with van der Waals surface area (Å²) >= 11 is 0. The molecule has 0 aromatic heterocycles. The van der Waals surface area contributed by atoms with Crippen LogP contribution in [-0.4, -0.2) is 37.8 Å². The van der Waals surface area contributed by atoms with E-state index in [-0.39, 0.29) is 11.9 Å². The Balaban J connectivity index is 2.38. The van der Waals surface area contributed by atoms with Crippen molar-refractivity contribution < 1.29 is 36.7 Å². The summed E-state index contributed by atoms with van der Waals surface area (Å²) in [6.07, 6.45) is -5.06. The number of rotatable bonds is 4. The van der Waals surface area contributed by atoms with E-state index in [9.17, 15) is 18.0 Å². The SMILES string of the molecule is COC(=O)Cc1ccc(B2OC(C)(C)C(C)(C)O2)c(OC(F)(F)F)c1. The first kappa shape index (κ1) is 19.6. The summed E-state index contributed by atoms with van der Waals surface area (Å²) in [6.45, 7) is 7.18. The maximum atomic E-state index is 12.8. The number of esters is 1. The molecular formula is C16H20BF3O5. The van der Waals surface area contributed by atoms with Crippen LogP contribution in [0.3, 0.4) is 0 Å². The summed E-state index contributed by atoms with van der Waals surface area (Å²) in [5.41, 5.74) is -0.994. The van der Waals surface area contributed by atoms with Crippen LogP contribution in [0, 0.1) is 0 Å². The molecule has 0 bridgehead atoms. The number of carbonyl (C=O) groups is 1. The van der Waals surface area contributed by atoms with E-state index < -0.39 is 36.4 Å². The third-order valence-corrected chi connectivity index (χ3v) is 4.39. The van der Waals surface area contributed by atoms with Crippen molar-refractivity contribution in [3.05, 3.63) is 23.8 Å². The lowest BCUT2D eigenvalue weighted by Crippen LogP contribution is -2.41. The third-order valence-electron chi connectivity index (χ3n) is 4.39. The molecule has 1 aliphatic rings. The van der Waals surface area contributed by atoms with Crippen molar-refractivity contribution in [2.45, 2.75) is 51.7 Å². The zero-order valence-electron chi connectivity index (χ0n) is 14.7. The van der Waals surface area contributed by atoms with Gasteiger partial charge in [-0.3, -0.25) is 4.79 Å².